The van der Waals surface area contributed by atoms with Crippen molar-refractivity contribution >= 4 is 23.2 Å². The normalized spacial score (nSPS) is 12.6. The molecule has 1 aromatic heterocycles. The molecule has 2 rings (SSSR count). The zero-order valence-electron chi connectivity index (χ0n) is 11.2. The highest BCUT2D eigenvalue weighted by molar-refractivity contribution is 6.35. The number of hydrogen-bond donors (Lipinski definition) is 1. The number of rotatable bonds is 5. The molecule has 0 spiro atoms. The molecule has 0 aliphatic heterocycles. The lowest BCUT2D eigenvalue weighted by molar-refractivity contribution is 0.550. The molecule has 0 amide bonds. The topological polar surface area (TPSA) is 17.0 Å². The number of benzene rings is 1. The number of aromatic nitrogens is 1. The first kappa shape index (κ1) is 14.4. The Bertz CT molecular complexity index is 549. The molecule has 2 aromatic rings. The highest BCUT2D eigenvalue weighted by atomic mass is 35.5. The molecular formula is C15H18Cl2N2. The summed E-state index contributed by atoms with van der Waals surface area (Å²) in [5, 5.41) is 4.86. The van der Waals surface area contributed by atoms with E-state index in [-0.39, 0.29) is 6.04 Å². The summed E-state index contributed by atoms with van der Waals surface area (Å²) >= 11 is 12.1. The van der Waals surface area contributed by atoms with Gasteiger partial charge in [0.2, 0.25) is 0 Å². The van der Waals surface area contributed by atoms with Gasteiger partial charge in [0, 0.05) is 41.1 Å². The molecule has 0 bridgehead atoms. The monoisotopic (exact) mass is 296 g/mol. The summed E-state index contributed by atoms with van der Waals surface area (Å²) in [6, 6.07) is 10.0. The average molecular weight is 297 g/mol. The lowest BCUT2D eigenvalue weighted by Crippen LogP contribution is -2.20. The van der Waals surface area contributed by atoms with Crippen LogP contribution in [0.1, 0.15) is 31.1 Å². The van der Waals surface area contributed by atoms with Crippen LogP contribution in [0.4, 0.5) is 0 Å². The number of nitrogens with zero attached hydrogens (tertiary/aromatic N) is 1. The van der Waals surface area contributed by atoms with Crippen LogP contribution in [0.3, 0.4) is 0 Å². The van der Waals surface area contributed by atoms with Crippen molar-refractivity contribution in [3.63, 3.8) is 0 Å². The fraction of sp³-hybridized carbons (Fsp3) is 0.333. The zero-order valence-corrected chi connectivity index (χ0v) is 12.7. The van der Waals surface area contributed by atoms with Crippen molar-refractivity contribution in [3.8, 4) is 0 Å². The molecule has 19 heavy (non-hydrogen) atoms. The Balaban J connectivity index is 2.03. The van der Waals surface area contributed by atoms with Gasteiger partial charge in [-0.2, -0.15) is 0 Å². The maximum Gasteiger partial charge on any atom is 0.0468 e. The van der Waals surface area contributed by atoms with Crippen LogP contribution in [0.5, 0.6) is 0 Å². The number of halogens is 2. The second kappa shape index (κ2) is 6.47. The largest absolute Gasteiger partial charge is 0.351 e. The summed E-state index contributed by atoms with van der Waals surface area (Å²) in [5.41, 5.74) is 2.35. The van der Waals surface area contributed by atoms with Gasteiger partial charge in [0.05, 0.1) is 0 Å². The number of hydrogen-bond acceptors (Lipinski definition) is 1. The third-order valence-electron chi connectivity index (χ3n) is 3.28. The molecular weight excluding hydrogens is 279 g/mol. The van der Waals surface area contributed by atoms with E-state index in [0.29, 0.717) is 10.0 Å². The Morgan fingerprint density at radius 2 is 2.05 bits per heavy atom. The fourth-order valence-electron chi connectivity index (χ4n) is 2.14. The van der Waals surface area contributed by atoms with Gasteiger partial charge in [-0.15, -0.1) is 0 Å². The minimum absolute atomic E-state index is 0.185. The third kappa shape index (κ3) is 3.53. The van der Waals surface area contributed by atoms with Gasteiger partial charge in [0.1, 0.15) is 0 Å². The maximum absolute atomic E-state index is 6.21. The van der Waals surface area contributed by atoms with E-state index in [1.54, 1.807) is 6.07 Å². The molecule has 102 valence electrons. The highest BCUT2D eigenvalue weighted by Gasteiger charge is 2.10. The Morgan fingerprint density at radius 1 is 1.26 bits per heavy atom. The van der Waals surface area contributed by atoms with E-state index in [9.17, 15) is 0 Å². The standard InChI is InChI=1S/C15H18Cl2N2/c1-3-19-8-4-5-13(19)10-18-11(2)14-7-6-12(16)9-15(14)17/h4-9,11,18H,3,10H2,1-2H3. The van der Waals surface area contributed by atoms with Crippen LogP contribution >= 0.6 is 23.2 Å². The molecule has 0 saturated carbocycles. The molecule has 2 nitrogen and oxygen atoms in total. The molecule has 0 aliphatic carbocycles. The van der Waals surface area contributed by atoms with Gasteiger partial charge in [-0.05, 0) is 43.7 Å². The van der Waals surface area contributed by atoms with Gasteiger partial charge in [0.15, 0.2) is 0 Å². The fourth-order valence-corrected chi connectivity index (χ4v) is 2.71. The predicted molar refractivity (Wildman–Crippen MR) is 81.8 cm³/mol. The Morgan fingerprint density at radius 3 is 2.74 bits per heavy atom. The van der Waals surface area contributed by atoms with Crippen molar-refractivity contribution in [2.45, 2.75) is 33.0 Å². The molecule has 1 aromatic carbocycles. The Hall–Kier alpha value is -0.960. The summed E-state index contributed by atoms with van der Waals surface area (Å²) in [5.74, 6) is 0. The van der Waals surface area contributed by atoms with Crippen LogP contribution in [0, 0.1) is 0 Å². The van der Waals surface area contributed by atoms with E-state index in [0.717, 1.165) is 18.7 Å². The summed E-state index contributed by atoms with van der Waals surface area (Å²) in [4.78, 5) is 0. The van der Waals surface area contributed by atoms with E-state index >= 15 is 0 Å². The van der Waals surface area contributed by atoms with Crippen molar-refractivity contribution in [2.75, 3.05) is 0 Å². The quantitative estimate of drug-likeness (QED) is 0.849. The van der Waals surface area contributed by atoms with Crippen LogP contribution in [0.2, 0.25) is 10.0 Å². The first-order valence-corrected chi connectivity index (χ1v) is 7.19. The van der Waals surface area contributed by atoms with Crippen molar-refractivity contribution in [2.24, 2.45) is 0 Å². The smallest absolute Gasteiger partial charge is 0.0468 e. The van der Waals surface area contributed by atoms with Crippen molar-refractivity contribution in [1.82, 2.24) is 9.88 Å². The van der Waals surface area contributed by atoms with E-state index in [1.807, 2.05) is 12.1 Å². The SMILES string of the molecule is CCn1cccc1CNC(C)c1ccc(Cl)cc1Cl. The molecule has 4 heteroatoms. The van der Waals surface area contributed by atoms with Gasteiger partial charge < -0.3 is 9.88 Å². The van der Waals surface area contributed by atoms with Crippen molar-refractivity contribution < 1.29 is 0 Å². The molecule has 0 saturated heterocycles. The van der Waals surface area contributed by atoms with E-state index in [4.69, 9.17) is 23.2 Å². The lowest BCUT2D eigenvalue weighted by atomic mass is 10.1. The van der Waals surface area contributed by atoms with Crippen LogP contribution in [0.25, 0.3) is 0 Å². The van der Waals surface area contributed by atoms with E-state index in [2.05, 4.69) is 42.1 Å². The van der Waals surface area contributed by atoms with Gasteiger partial charge in [-0.1, -0.05) is 29.3 Å². The zero-order chi connectivity index (χ0) is 13.8. The van der Waals surface area contributed by atoms with Gasteiger partial charge in [0.25, 0.3) is 0 Å². The molecule has 1 unspecified atom stereocenters. The summed E-state index contributed by atoms with van der Waals surface area (Å²) in [7, 11) is 0. The maximum atomic E-state index is 6.21. The second-order valence-corrected chi connectivity index (χ2v) is 5.40. The molecule has 0 fully saturated rings. The predicted octanol–water partition coefficient (Wildman–Crippen LogP) is 4.67. The van der Waals surface area contributed by atoms with Gasteiger partial charge >= 0.3 is 0 Å². The minimum Gasteiger partial charge on any atom is -0.351 e. The molecule has 1 atom stereocenters. The summed E-state index contributed by atoms with van der Waals surface area (Å²) < 4.78 is 2.23. The van der Waals surface area contributed by atoms with Gasteiger partial charge in [-0.25, -0.2) is 0 Å². The minimum atomic E-state index is 0.185. The second-order valence-electron chi connectivity index (χ2n) is 4.55. The lowest BCUT2D eigenvalue weighted by Gasteiger charge is -2.16. The first-order valence-electron chi connectivity index (χ1n) is 6.44. The number of aryl methyl sites for hydroxylation is 1. The van der Waals surface area contributed by atoms with Crippen LogP contribution in [-0.4, -0.2) is 4.57 Å². The number of nitrogens with one attached hydrogen (secondary N) is 1. The van der Waals surface area contributed by atoms with Crippen LogP contribution in [-0.2, 0) is 13.1 Å². The summed E-state index contributed by atoms with van der Waals surface area (Å²) in [6.07, 6.45) is 2.09. The van der Waals surface area contributed by atoms with Gasteiger partial charge in [-0.3, -0.25) is 0 Å². The molecule has 1 N–H and O–H groups in total. The van der Waals surface area contributed by atoms with Crippen LogP contribution < -0.4 is 5.32 Å². The molecule has 1 heterocycles. The first-order chi connectivity index (χ1) is 9.11. The third-order valence-corrected chi connectivity index (χ3v) is 3.85. The highest BCUT2D eigenvalue weighted by Crippen LogP contribution is 2.26. The van der Waals surface area contributed by atoms with Crippen molar-refractivity contribution in [1.29, 1.82) is 0 Å². The molecule has 0 aliphatic rings. The van der Waals surface area contributed by atoms with E-state index < -0.39 is 0 Å². The Kier molecular flexibility index (Phi) is 4.92. The molecule has 0 radical (unpaired) electrons. The van der Waals surface area contributed by atoms with Crippen LogP contribution in [0.15, 0.2) is 36.5 Å². The average Bonchev–Trinajstić information content (AvgIpc) is 2.83. The Labute approximate surface area is 124 Å². The van der Waals surface area contributed by atoms with E-state index in [1.165, 1.54) is 5.69 Å². The summed E-state index contributed by atoms with van der Waals surface area (Å²) in [6.45, 7) is 6.05. The van der Waals surface area contributed by atoms with Crippen molar-refractivity contribution in [3.05, 3.63) is 57.8 Å².